The van der Waals surface area contributed by atoms with E-state index in [-0.39, 0.29) is 31.1 Å². The van der Waals surface area contributed by atoms with Crippen molar-refractivity contribution in [3.05, 3.63) is 87.9 Å². The lowest BCUT2D eigenvalue weighted by atomic mass is 10.1. The summed E-state index contributed by atoms with van der Waals surface area (Å²) in [5.74, 6) is 0.190. The molecule has 0 aromatic heterocycles. The van der Waals surface area contributed by atoms with E-state index < -0.39 is 11.9 Å². The highest BCUT2D eigenvalue weighted by molar-refractivity contribution is 9.10. The Morgan fingerprint density at radius 2 is 1.50 bits per heavy atom. The van der Waals surface area contributed by atoms with Gasteiger partial charge in [-0.2, -0.15) is 0 Å². The van der Waals surface area contributed by atoms with Crippen molar-refractivity contribution in [3.63, 3.8) is 0 Å². The molecule has 3 aromatic carbocycles. The highest BCUT2D eigenvalue weighted by Crippen LogP contribution is 2.27. The van der Waals surface area contributed by atoms with E-state index in [0.29, 0.717) is 11.5 Å². The topological polar surface area (TPSA) is 71.1 Å². The van der Waals surface area contributed by atoms with Gasteiger partial charge in [-0.3, -0.25) is 0 Å². The Bertz CT molecular complexity index is 1060. The molecule has 0 heterocycles. The summed E-state index contributed by atoms with van der Waals surface area (Å²) in [4.78, 5) is 24.8. The lowest BCUT2D eigenvalue weighted by Gasteiger charge is -2.13. The number of hydrogen-bond donors (Lipinski definition) is 0. The molecule has 0 aliphatic rings. The average Bonchev–Trinajstić information content (AvgIpc) is 2.77. The number of hydrogen-bond acceptors (Lipinski definition) is 6. The number of benzene rings is 3. The second-order valence-corrected chi connectivity index (χ2v) is 7.84. The molecule has 0 atom stereocenters. The first-order valence-electron chi connectivity index (χ1n) is 9.98. The largest absolute Gasteiger partial charge is 0.490 e. The summed E-state index contributed by atoms with van der Waals surface area (Å²) >= 11 is 3.43. The van der Waals surface area contributed by atoms with Crippen molar-refractivity contribution < 1.29 is 28.5 Å². The normalized spacial score (nSPS) is 10.3. The maximum atomic E-state index is 12.5. The van der Waals surface area contributed by atoms with Crippen LogP contribution in [0.4, 0.5) is 0 Å². The first kappa shape index (κ1) is 23.3. The molecule has 3 rings (SSSR count). The van der Waals surface area contributed by atoms with E-state index in [1.807, 2.05) is 56.3 Å². The third kappa shape index (κ3) is 6.59. The first-order chi connectivity index (χ1) is 15.4. The van der Waals surface area contributed by atoms with Crippen LogP contribution in [0.3, 0.4) is 0 Å². The molecule has 7 heteroatoms. The Morgan fingerprint density at radius 1 is 0.844 bits per heavy atom. The molecule has 0 N–H and O–H groups in total. The van der Waals surface area contributed by atoms with E-state index in [0.717, 1.165) is 15.6 Å². The molecule has 0 spiro atoms. The van der Waals surface area contributed by atoms with Gasteiger partial charge in [0.1, 0.15) is 36.0 Å². The predicted molar refractivity (Wildman–Crippen MR) is 123 cm³/mol. The maximum Gasteiger partial charge on any atom is 0.349 e. The molecule has 0 bridgehead atoms. The molecular formula is C25H23BrO6. The van der Waals surface area contributed by atoms with Crippen molar-refractivity contribution in [2.24, 2.45) is 0 Å². The summed E-state index contributed by atoms with van der Waals surface area (Å²) in [6.07, 6.45) is 0. The number of carbonyl (C=O) groups is 2. The minimum Gasteiger partial charge on any atom is -0.490 e. The van der Waals surface area contributed by atoms with Crippen molar-refractivity contribution in [1.29, 1.82) is 0 Å². The third-order valence-corrected chi connectivity index (χ3v) is 4.88. The zero-order valence-corrected chi connectivity index (χ0v) is 19.4. The SMILES string of the molecule is Cc1cc(Br)cc(C)c1OCC(=O)Oc1ccccc1C(=O)OCCOc1ccccc1. The monoisotopic (exact) mass is 498 g/mol. The lowest BCUT2D eigenvalue weighted by Crippen LogP contribution is -2.20. The highest BCUT2D eigenvalue weighted by Gasteiger charge is 2.17. The molecule has 0 fully saturated rings. The summed E-state index contributed by atoms with van der Waals surface area (Å²) in [6.45, 7) is 3.76. The van der Waals surface area contributed by atoms with Crippen molar-refractivity contribution in [2.45, 2.75) is 13.8 Å². The Labute approximate surface area is 195 Å². The van der Waals surface area contributed by atoms with Crippen LogP contribution < -0.4 is 14.2 Å². The Balaban J connectivity index is 1.54. The minimum atomic E-state index is -0.626. The van der Waals surface area contributed by atoms with Gasteiger partial charge < -0.3 is 18.9 Å². The Morgan fingerprint density at radius 3 is 2.22 bits per heavy atom. The molecule has 3 aromatic rings. The average molecular weight is 499 g/mol. The maximum absolute atomic E-state index is 12.5. The van der Waals surface area contributed by atoms with Gasteiger partial charge in [-0.15, -0.1) is 0 Å². The fourth-order valence-corrected chi connectivity index (χ4v) is 3.71. The number of aryl methyl sites for hydroxylation is 2. The lowest BCUT2D eigenvalue weighted by molar-refractivity contribution is -0.136. The van der Waals surface area contributed by atoms with Gasteiger partial charge in [0, 0.05) is 4.47 Å². The summed E-state index contributed by atoms with van der Waals surface area (Å²) < 4.78 is 22.7. The molecule has 166 valence electrons. The van der Waals surface area contributed by atoms with E-state index >= 15 is 0 Å². The van der Waals surface area contributed by atoms with Crippen LogP contribution in [0.2, 0.25) is 0 Å². The molecule has 6 nitrogen and oxygen atoms in total. The van der Waals surface area contributed by atoms with Gasteiger partial charge in [0.05, 0.1) is 0 Å². The molecule has 0 unspecified atom stereocenters. The highest BCUT2D eigenvalue weighted by atomic mass is 79.9. The zero-order valence-electron chi connectivity index (χ0n) is 17.8. The van der Waals surface area contributed by atoms with Crippen LogP contribution in [0.1, 0.15) is 21.5 Å². The fraction of sp³-hybridized carbons (Fsp3) is 0.200. The van der Waals surface area contributed by atoms with Gasteiger partial charge >= 0.3 is 11.9 Å². The summed E-state index contributed by atoms with van der Waals surface area (Å²) in [5, 5.41) is 0. The number of halogens is 1. The quantitative estimate of drug-likeness (QED) is 0.227. The van der Waals surface area contributed by atoms with Gasteiger partial charge in [-0.25, -0.2) is 9.59 Å². The third-order valence-electron chi connectivity index (χ3n) is 4.42. The van der Waals surface area contributed by atoms with Crippen LogP contribution in [0.5, 0.6) is 17.2 Å². The van der Waals surface area contributed by atoms with E-state index in [1.165, 1.54) is 12.1 Å². The van der Waals surface area contributed by atoms with Crippen molar-refractivity contribution in [3.8, 4) is 17.2 Å². The summed E-state index contributed by atoms with van der Waals surface area (Å²) in [6, 6.07) is 19.4. The molecule has 32 heavy (non-hydrogen) atoms. The number of para-hydroxylation sites is 2. The predicted octanol–water partition coefficient (Wildman–Crippen LogP) is 5.29. The molecule has 0 saturated heterocycles. The van der Waals surface area contributed by atoms with Crippen molar-refractivity contribution >= 4 is 27.9 Å². The van der Waals surface area contributed by atoms with E-state index in [9.17, 15) is 9.59 Å². The van der Waals surface area contributed by atoms with Crippen LogP contribution >= 0.6 is 15.9 Å². The van der Waals surface area contributed by atoms with Gasteiger partial charge in [-0.1, -0.05) is 46.3 Å². The van der Waals surface area contributed by atoms with Crippen molar-refractivity contribution in [1.82, 2.24) is 0 Å². The molecule has 0 amide bonds. The van der Waals surface area contributed by atoms with Gasteiger partial charge in [-0.05, 0) is 61.4 Å². The van der Waals surface area contributed by atoms with Crippen LogP contribution in [0.25, 0.3) is 0 Å². The van der Waals surface area contributed by atoms with E-state index in [4.69, 9.17) is 18.9 Å². The summed E-state index contributed by atoms with van der Waals surface area (Å²) in [5.41, 5.74) is 1.94. The van der Waals surface area contributed by atoms with Crippen molar-refractivity contribution in [2.75, 3.05) is 19.8 Å². The minimum absolute atomic E-state index is 0.0568. The Kier molecular flexibility index (Phi) is 8.27. The number of carbonyl (C=O) groups excluding carboxylic acids is 2. The number of ether oxygens (including phenoxy) is 4. The molecular weight excluding hydrogens is 476 g/mol. The first-order valence-corrected chi connectivity index (χ1v) is 10.8. The van der Waals surface area contributed by atoms with E-state index in [1.54, 1.807) is 12.1 Å². The van der Waals surface area contributed by atoms with Crippen LogP contribution in [-0.2, 0) is 9.53 Å². The second-order valence-electron chi connectivity index (χ2n) is 6.93. The molecule has 0 aliphatic heterocycles. The number of rotatable bonds is 9. The molecule has 0 aliphatic carbocycles. The van der Waals surface area contributed by atoms with E-state index in [2.05, 4.69) is 15.9 Å². The fourth-order valence-electron chi connectivity index (χ4n) is 3.02. The second kappa shape index (κ2) is 11.3. The molecule has 0 saturated carbocycles. The number of esters is 2. The standard InChI is InChI=1S/C25H23BrO6/c1-17-14-19(26)15-18(2)24(17)31-16-23(27)32-22-11-7-6-10-21(22)25(28)30-13-12-29-20-8-4-3-5-9-20/h3-11,14-15H,12-13,16H2,1-2H3. The van der Waals surface area contributed by atoms with Gasteiger partial charge in [0.15, 0.2) is 6.61 Å². The summed E-state index contributed by atoms with van der Waals surface area (Å²) in [7, 11) is 0. The van der Waals surface area contributed by atoms with Crippen LogP contribution in [0.15, 0.2) is 71.2 Å². The molecule has 0 radical (unpaired) electrons. The van der Waals surface area contributed by atoms with Crippen LogP contribution in [-0.4, -0.2) is 31.8 Å². The van der Waals surface area contributed by atoms with Crippen LogP contribution in [0, 0.1) is 13.8 Å². The Hall–Kier alpha value is -3.32. The van der Waals surface area contributed by atoms with Gasteiger partial charge in [0.25, 0.3) is 0 Å². The smallest absolute Gasteiger partial charge is 0.349 e. The van der Waals surface area contributed by atoms with Gasteiger partial charge in [0.2, 0.25) is 0 Å². The zero-order chi connectivity index (χ0) is 22.9.